The maximum absolute atomic E-state index is 12.8. The maximum Gasteiger partial charge on any atom is 0.159 e. The zero-order valence-corrected chi connectivity index (χ0v) is 9.50. The molecular formula is C12H17F2NO. The highest BCUT2D eigenvalue weighted by atomic mass is 19.2. The van der Waals surface area contributed by atoms with Gasteiger partial charge >= 0.3 is 0 Å². The van der Waals surface area contributed by atoms with E-state index < -0.39 is 17.7 Å². The fraction of sp³-hybridized carbons (Fsp3) is 0.500. The lowest BCUT2D eigenvalue weighted by atomic mass is 10.1. The van der Waals surface area contributed by atoms with Crippen molar-refractivity contribution in [2.75, 3.05) is 6.54 Å². The number of aliphatic hydroxyl groups is 1. The predicted molar refractivity (Wildman–Crippen MR) is 58.9 cm³/mol. The third-order valence-electron chi connectivity index (χ3n) is 2.44. The zero-order valence-electron chi connectivity index (χ0n) is 9.50. The summed E-state index contributed by atoms with van der Waals surface area (Å²) >= 11 is 0. The Morgan fingerprint density at radius 3 is 2.50 bits per heavy atom. The number of hydrogen-bond donors (Lipinski definition) is 2. The summed E-state index contributed by atoms with van der Waals surface area (Å²) in [5.41, 5.74) is 0.662. The summed E-state index contributed by atoms with van der Waals surface area (Å²) in [7, 11) is 0. The number of hydrogen-bond acceptors (Lipinski definition) is 2. The van der Waals surface area contributed by atoms with Gasteiger partial charge in [-0.2, -0.15) is 0 Å². The van der Waals surface area contributed by atoms with Gasteiger partial charge in [0, 0.05) is 13.1 Å². The normalized spacial score (nSPS) is 13.1. The van der Waals surface area contributed by atoms with E-state index in [-0.39, 0.29) is 5.92 Å². The fourth-order valence-electron chi connectivity index (χ4n) is 1.25. The van der Waals surface area contributed by atoms with E-state index in [1.54, 1.807) is 0 Å². The molecule has 4 heteroatoms. The molecule has 1 rings (SSSR count). The molecule has 0 aromatic heterocycles. The van der Waals surface area contributed by atoms with Gasteiger partial charge in [-0.05, 0) is 23.6 Å². The lowest BCUT2D eigenvalue weighted by Crippen LogP contribution is -2.30. The molecule has 16 heavy (non-hydrogen) atoms. The molecule has 0 saturated heterocycles. The Balaban J connectivity index is 2.40. The van der Waals surface area contributed by atoms with Crippen molar-refractivity contribution < 1.29 is 13.9 Å². The van der Waals surface area contributed by atoms with Gasteiger partial charge in [0.05, 0.1) is 6.10 Å². The number of rotatable bonds is 5. The van der Waals surface area contributed by atoms with Gasteiger partial charge in [-0.15, -0.1) is 0 Å². The van der Waals surface area contributed by atoms with Crippen LogP contribution in [0.3, 0.4) is 0 Å². The molecule has 2 N–H and O–H groups in total. The van der Waals surface area contributed by atoms with Crippen LogP contribution >= 0.6 is 0 Å². The van der Waals surface area contributed by atoms with Crippen LogP contribution in [-0.2, 0) is 6.54 Å². The van der Waals surface area contributed by atoms with E-state index in [9.17, 15) is 13.9 Å². The first-order valence-electron chi connectivity index (χ1n) is 5.33. The van der Waals surface area contributed by atoms with Crippen molar-refractivity contribution in [2.24, 2.45) is 5.92 Å². The van der Waals surface area contributed by atoms with Crippen LogP contribution in [0.2, 0.25) is 0 Å². The first-order valence-corrected chi connectivity index (χ1v) is 5.33. The third-order valence-corrected chi connectivity index (χ3v) is 2.44. The van der Waals surface area contributed by atoms with Gasteiger partial charge in [0.2, 0.25) is 0 Å². The van der Waals surface area contributed by atoms with Crippen molar-refractivity contribution in [1.29, 1.82) is 0 Å². The first kappa shape index (κ1) is 13.1. The van der Waals surface area contributed by atoms with E-state index in [0.29, 0.717) is 18.7 Å². The summed E-state index contributed by atoms with van der Waals surface area (Å²) in [6, 6.07) is 3.78. The Bertz CT molecular complexity index is 342. The molecule has 1 atom stereocenters. The second-order valence-corrected chi connectivity index (χ2v) is 4.19. The number of halogens is 2. The van der Waals surface area contributed by atoms with Crippen LogP contribution in [0, 0.1) is 17.6 Å². The second-order valence-electron chi connectivity index (χ2n) is 4.19. The molecule has 1 unspecified atom stereocenters. The minimum absolute atomic E-state index is 0.178. The summed E-state index contributed by atoms with van der Waals surface area (Å²) in [4.78, 5) is 0. The van der Waals surface area contributed by atoms with Crippen molar-refractivity contribution in [3.63, 3.8) is 0 Å². The van der Waals surface area contributed by atoms with Crippen molar-refractivity contribution >= 4 is 0 Å². The monoisotopic (exact) mass is 229 g/mol. The minimum atomic E-state index is -0.844. The van der Waals surface area contributed by atoms with Crippen LogP contribution in [0.25, 0.3) is 0 Å². The molecule has 0 aliphatic rings. The van der Waals surface area contributed by atoms with Gasteiger partial charge in [0.15, 0.2) is 11.6 Å². The van der Waals surface area contributed by atoms with Crippen molar-refractivity contribution in [3.8, 4) is 0 Å². The number of nitrogens with one attached hydrogen (secondary N) is 1. The van der Waals surface area contributed by atoms with Gasteiger partial charge in [-0.1, -0.05) is 19.9 Å². The van der Waals surface area contributed by atoms with Gasteiger partial charge in [0.1, 0.15) is 0 Å². The molecule has 0 fully saturated rings. The molecule has 0 aliphatic heterocycles. The van der Waals surface area contributed by atoms with Crippen molar-refractivity contribution in [2.45, 2.75) is 26.5 Å². The summed E-state index contributed by atoms with van der Waals surface area (Å²) in [6.07, 6.45) is -0.426. The molecule has 2 nitrogen and oxygen atoms in total. The maximum atomic E-state index is 12.8. The van der Waals surface area contributed by atoms with E-state index >= 15 is 0 Å². The minimum Gasteiger partial charge on any atom is -0.392 e. The highest BCUT2D eigenvalue weighted by Gasteiger charge is 2.08. The van der Waals surface area contributed by atoms with Crippen LogP contribution in [0.15, 0.2) is 18.2 Å². The Morgan fingerprint density at radius 2 is 1.94 bits per heavy atom. The molecule has 0 spiro atoms. The summed E-state index contributed by atoms with van der Waals surface area (Å²) in [5, 5.41) is 12.5. The largest absolute Gasteiger partial charge is 0.392 e. The van der Waals surface area contributed by atoms with E-state index in [4.69, 9.17) is 0 Å². The van der Waals surface area contributed by atoms with Gasteiger partial charge in [-0.25, -0.2) is 8.78 Å². The van der Waals surface area contributed by atoms with E-state index in [2.05, 4.69) is 5.32 Å². The first-order chi connectivity index (χ1) is 7.50. The van der Waals surface area contributed by atoms with E-state index in [1.165, 1.54) is 6.07 Å². The molecular weight excluding hydrogens is 212 g/mol. The Kier molecular flexibility index (Phi) is 4.83. The topological polar surface area (TPSA) is 32.3 Å². The van der Waals surface area contributed by atoms with E-state index in [1.807, 2.05) is 13.8 Å². The van der Waals surface area contributed by atoms with Crippen LogP contribution in [0.4, 0.5) is 8.78 Å². The quantitative estimate of drug-likeness (QED) is 0.810. The standard InChI is InChI=1S/C12H17F2NO/c1-8(2)12(16)7-15-6-9-3-4-10(13)11(14)5-9/h3-5,8,12,15-16H,6-7H2,1-2H3. The summed E-state index contributed by atoms with van der Waals surface area (Å²) in [6.45, 7) is 4.70. The zero-order chi connectivity index (χ0) is 12.1. The number of aliphatic hydroxyl groups excluding tert-OH is 1. The van der Waals surface area contributed by atoms with Crippen LogP contribution in [0.1, 0.15) is 19.4 Å². The lowest BCUT2D eigenvalue weighted by molar-refractivity contribution is 0.123. The molecule has 0 aliphatic carbocycles. The van der Waals surface area contributed by atoms with Gasteiger partial charge in [0.25, 0.3) is 0 Å². The van der Waals surface area contributed by atoms with Gasteiger partial charge in [-0.3, -0.25) is 0 Å². The lowest BCUT2D eigenvalue weighted by Gasteiger charge is -2.15. The molecule has 0 saturated carbocycles. The van der Waals surface area contributed by atoms with E-state index in [0.717, 1.165) is 12.1 Å². The Labute approximate surface area is 94.3 Å². The molecule has 90 valence electrons. The SMILES string of the molecule is CC(C)C(O)CNCc1ccc(F)c(F)c1. The molecule has 0 bridgehead atoms. The molecule has 1 aromatic rings. The highest BCUT2D eigenvalue weighted by Crippen LogP contribution is 2.08. The smallest absolute Gasteiger partial charge is 0.159 e. The van der Waals surface area contributed by atoms with Crippen molar-refractivity contribution in [1.82, 2.24) is 5.32 Å². The molecule has 1 aromatic carbocycles. The summed E-state index contributed by atoms with van der Waals surface area (Å²) in [5.74, 6) is -1.51. The molecule has 0 amide bonds. The second kappa shape index (κ2) is 5.92. The average molecular weight is 229 g/mol. The molecule has 0 heterocycles. The third kappa shape index (κ3) is 3.87. The predicted octanol–water partition coefficient (Wildman–Crippen LogP) is 2.07. The van der Waals surface area contributed by atoms with Gasteiger partial charge < -0.3 is 10.4 Å². The molecule has 0 radical (unpaired) electrons. The fourth-order valence-corrected chi connectivity index (χ4v) is 1.25. The van der Waals surface area contributed by atoms with Crippen LogP contribution in [0.5, 0.6) is 0 Å². The van der Waals surface area contributed by atoms with Crippen LogP contribution in [-0.4, -0.2) is 17.8 Å². The average Bonchev–Trinajstić information content (AvgIpc) is 2.23. The highest BCUT2D eigenvalue weighted by molar-refractivity contribution is 5.17. The van der Waals surface area contributed by atoms with Crippen molar-refractivity contribution in [3.05, 3.63) is 35.4 Å². The number of benzene rings is 1. The Hall–Kier alpha value is -1.00. The van der Waals surface area contributed by atoms with Crippen LogP contribution < -0.4 is 5.32 Å². The summed E-state index contributed by atoms with van der Waals surface area (Å²) < 4.78 is 25.5. The Morgan fingerprint density at radius 1 is 1.25 bits per heavy atom.